The van der Waals surface area contributed by atoms with Gasteiger partial charge in [-0.2, -0.15) is 0 Å². The van der Waals surface area contributed by atoms with Crippen molar-refractivity contribution in [2.45, 2.75) is 110 Å². The van der Waals surface area contributed by atoms with Gasteiger partial charge in [-0.05, 0) is 32.1 Å². The molecule has 0 aliphatic rings. The van der Waals surface area contributed by atoms with Gasteiger partial charge in [-0.1, -0.05) is 82.9 Å². The van der Waals surface area contributed by atoms with Gasteiger partial charge >= 0.3 is 0 Å². The second-order valence-corrected chi connectivity index (χ2v) is 7.47. The van der Waals surface area contributed by atoms with Gasteiger partial charge < -0.3 is 4.57 Å². The van der Waals surface area contributed by atoms with Crippen molar-refractivity contribution < 1.29 is 0 Å². The highest BCUT2D eigenvalue weighted by Gasteiger charge is 2.00. The maximum Gasteiger partial charge on any atom is 0.108 e. The number of aryl methyl sites for hydroxylation is 1. The van der Waals surface area contributed by atoms with Gasteiger partial charge in [0.15, 0.2) is 0 Å². The largest absolute Gasteiger partial charge is 0.331 e. The third-order valence-electron chi connectivity index (χ3n) is 5.04. The topological polar surface area (TPSA) is 17.8 Å². The smallest absolute Gasteiger partial charge is 0.108 e. The minimum atomic E-state index is 0.877. The maximum atomic E-state index is 4.45. The molecule has 1 aromatic rings. The molecular formula is C24H42N2. The van der Waals surface area contributed by atoms with Crippen LogP contribution in [0.25, 0.3) is 0 Å². The summed E-state index contributed by atoms with van der Waals surface area (Å²) in [5.74, 6) is 1.21. The number of rotatable bonds is 18. The number of unbranched alkanes of at least 4 members (excludes halogenated alkanes) is 12. The van der Waals surface area contributed by atoms with E-state index in [0.29, 0.717) is 0 Å². The normalized spacial score (nSPS) is 11.4. The van der Waals surface area contributed by atoms with Gasteiger partial charge in [0.2, 0.25) is 0 Å². The third kappa shape index (κ3) is 12.1. The fraction of sp³-hybridized carbons (Fsp3) is 0.708. The molecule has 148 valence electrons. The van der Waals surface area contributed by atoms with E-state index in [-0.39, 0.29) is 0 Å². The molecule has 0 amide bonds. The molecule has 26 heavy (non-hydrogen) atoms. The van der Waals surface area contributed by atoms with E-state index in [1.807, 2.05) is 12.3 Å². The minimum Gasteiger partial charge on any atom is -0.331 e. The Kier molecular flexibility index (Phi) is 15.0. The number of hydrogen-bond acceptors (Lipinski definition) is 1. The molecular weight excluding hydrogens is 316 g/mol. The molecule has 0 N–H and O–H groups in total. The van der Waals surface area contributed by atoms with Crippen LogP contribution in [0.1, 0.15) is 103 Å². The summed E-state index contributed by atoms with van der Waals surface area (Å²) in [6.45, 7) is 6.96. The fourth-order valence-corrected chi connectivity index (χ4v) is 3.40. The van der Waals surface area contributed by atoms with Gasteiger partial charge in [0.1, 0.15) is 5.82 Å². The van der Waals surface area contributed by atoms with Crippen molar-refractivity contribution in [3.8, 4) is 0 Å². The SMILES string of the molecule is C=CCn1ccnc1CCCCCCCC/C=C\CCCCCCCC. The summed E-state index contributed by atoms with van der Waals surface area (Å²) in [5, 5.41) is 0. The Morgan fingerprint density at radius 1 is 0.846 bits per heavy atom. The van der Waals surface area contributed by atoms with E-state index in [2.05, 4.69) is 41.4 Å². The number of imidazole rings is 1. The molecule has 0 atom stereocenters. The molecule has 2 heteroatoms. The predicted molar refractivity (Wildman–Crippen MR) is 116 cm³/mol. The Hall–Kier alpha value is -1.31. The second-order valence-electron chi connectivity index (χ2n) is 7.47. The zero-order valence-electron chi connectivity index (χ0n) is 17.3. The first-order valence-corrected chi connectivity index (χ1v) is 11.1. The maximum absolute atomic E-state index is 4.45. The molecule has 0 aromatic carbocycles. The molecule has 0 saturated carbocycles. The summed E-state index contributed by atoms with van der Waals surface area (Å²) in [5.41, 5.74) is 0. The van der Waals surface area contributed by atoms with Crippen LogP contribution in [0, 0.1) is 0 Å². The summed E-state index contributed by atoms with van der Waals surface area (Å²) in [6.07, 6.45) is 30.8. The molecule has 0 radical (unpaired) electrons. The van der Waals surface area contributed by atoms with Crippen molar-refractivity contribution in [1.82, 2.24) is 9.55 Å². The number of allylic oxidation sites excluding steroid dienone is 3. The lowest BCUT2D eigenvalue weighted by molar-refractivity contribution is 0.583. The molecule has 2 nitrogen and oxygen atoms in total. The van der Waals surface area contributed by atoms with Gasteiger partial charge in [0.25, 0.3) is 0 Å². The average molecular weight is 359 g/mol. The lowest BCUT2D eigenvalue weighted by atomic mass is 10.1. The lowest BCUT2D eigenvalue weighted by Gasteiger charge is -2.05. The first kappa shape index (κ1) is 22.7. The first-order valence-electron chi connectivity index (χ1n) is 11.1. The molecule has 0 fully saturated rings. The average Bonchev–Trinajstić information content (AvgIpc) is 3.09. The molecule has 0 bridgehead atoms. The van der Waals surface area contributed by atoms with E-state index in [1.165, 1.54) is 95.7 Å². The van der Waals surface area contributed by atoms with Crippen LogP contribution >= 0.6 is 0 Å². The molecule has 1 aromatic heterocycles. The summed E-state index contributed by atoms with van der Waals surface area (Å²) in [6, 6.07) is 0. The Balaban J connectivity index is 1.84. The number of hydrogen-bond donors (Lipinski definition) is 0. The van der Waals surface area contributed by atoms with Crippen molar-refractivity contribution >= 4 is 0 Å². The van der Waals surface area contributed by atoms with E-state index in [9.17, 15) is 0 Å². The highest BCUT2D eigenvalue weighted by atomic mass is 15.0. The van der Waals surface area contributed by atoms with Crippen LogP contribution < -0.4 is 0 Å². The van der Waals surface area contributed by atoms with Gasteiger partial charge in [-0.25, -0.2) is 4.98 Å². The third-order valence-corrected chi connectivity index (χ3v) is 5.04. The van der Waals surface area contributed by atoms with Crippen LogP contribution in [0.5, 0.6) is 0 Å². The van der Waals surface area contributed by atoms with Gasteiger partial charge in [0.05, 0.1) is 0 Å². The van der Waals surface area contributed by atoms with Crippen molar-refractivity contribution in [2.24, 2.45) is 0 Å². The van der Waals surface area contributed by atoms with Gasteiger partial charge in [0, 0.05) is 25.4 Å². The monoisotopic (exact) mass is 358 g/mol. The molecule has 0 unspecified atom stereocenters. The van der Waals surface area contributed by atoms with E-state index < -0.39 is 0 Å². The van der Waals surface area contributed by atoms with E-state index in [4.69, 9.17) is 0 Å². The number of aromatic nitrogens is 2. The molecule has 0 saturated heterocycles. The Bertz CT molecular complexity index is 459. The van der Waals surface area contributed by atoms with Crippen molar-refractivity contribution in [1.29, 1.82) is 0 Å². The van der Waals surface area contributed by atoms with Crippen LogP contribution in [0.15, 0.2) is 37.2 Å². The van der Waals surface area contributed by atoms with E-state index in [1.54, 1.807) is 0 Å². The van der Waals surface area contributed by atoms with Gasteiger partial charge in [-0.15, -0.1) is 6.58 Å². The summed E-state index contributed by atoms with van der Waals surface area (Å²) < 4.78 is 2.20. The second kappa shape index (κ2) is 17.1. The summed E-state index contributed by atoms with van der Waals surface area (Å²) in [4.78, 5) is 4.45. The molecule has 1 heterocycles. The quantitative estimate of drug-likeness (QED) is 0.195. The van der Waals surface area contributed by atoms with Crippen molar-refractivity contribution in [3.05, 3.63) is 43.0 Å². The van der Waals surface area contributed by atoms with Crippen LogP contribution in [-0.2, 0) is 13.0 Å². The summed E-state index contributed by atoms with van der Waals surface area (Å²) in [7, 11) is 0. The summed E-state index contributed by atoms with van der Waals surface area (Å²) >= 11 is 0. The van der Waals surface area contributed by atoms with Crippen LogP contribution in [0.4, 0.5) is 0 Å². The minimum absolute atomic E-state index is 0.877. The zero-order valence-corrected chi connectivity index (χ0v) is 17.3. The predicted octanol–water partition coefficient (Wildman–Crippen LogP) is 7.65. The first-order chi connectivity index (χ1) is 12.9. The molecule has 0 aliphatic heterocycles. The molecule has 1 rings (SSSR count). The number of nitrogens with zero attached hydrogens (tertiary/aromatic N) is 2. The Morgan fingerprint density at radius 3 is 2.04 bits per heavy atom. The standard InChI is InChI=1S/C24H42N2/c1-3-5-6-7-8-9-10-11-12-13-14-15-16-17-18-19-20-24-25-21-23-26(24)22-4-2/h4,11-12,21,23H,2-3,5-10,13-20,22H2,1H3/b12-11-. The Labute approximate surface area is 162 Å². The highest BCUT2D eigenvalue weighted by molar-refractivity contribution is 4.94. The Morgan fingerprint density at radius 2 is 1.42 bits per heavy atom. The van der Waals surface area contributed by atoms with E-state index in [0.717, 1.165) is 13.0 Å². The van der Waals surface area contributed by atoms with E-state index >= 15 is 0 Å². The van der Waals surface area contributed by atoms with Crippen molar-refractivity contribution in [2.75, 3.05) is 0 Å². The fourth-order valence-electron chi connectivity index (χ4n) is 3.40. The van der Waals surface area contributed by atoms with Crippen LogP contribution in [0.3, 0.4) is 0 Å². The molecule has 0 aliphatic carbocycles. The highest BCUT2D eigenvalue weighted by Crippen LogP contribution is 2.11. The van der Waals surface area contributed by atoms with Gasteiger partial charge in [-0.3, -0.25) is 0 Å². The van der Waals surface area contributed by atoms with Crippen molar-refractivity contribution in [3.63, 3.8) is 0 Å². The zero-order chi connectivity index (χ0) is 18.7. The van der Waals surface area contributed by atoms with Crippen LogP contribution in [0.2, 0.25) is 0 Å². The molecule has 0 spiro atoms. The lowest BCUT2D eigenvalue weighted by Crippen LogP contribution is -2.01. The van der Waals surface area contributed by atoms with Crippen LogP contribution in [-0.4, -0.2) is 9.55 Å².